The summed E-state index contributed by atoms with van der Waals surface area (Å²) in [5, 5.41) is 8.40. The zero-order valence-corrected chi connectivity index (χ0v) is 18.2. The molecule has 0 fully saturated rings. The molecule has 1 aromatic heterocycles. The van der Waals surface area contributed by atoms with Crippen LogP contribution in [0.1, 0.15) is 31.0 Å². The molecule has 8 nitrogen and oxygen atoms in total. The van der Waals surface area contributed by atoms with Crippen LogP contribution in [0.2, 0.25) is 0 Å². The average Bonchev–Trinajstić information content (AvgIpc) is 2.76. The fourth-order valence-corrected chi connectivity index (χ4v) is 3.30. The minimum Gasteiger partial charge on any atom is -0.493 e. The van der Waals surface area contributed by atoms with Gasteiger partial charge in [0.2, 0.25) is 0 Å². The number of benzene rings is 2. The maximum Gasteiger partial charge on any atom is 0.411 e. The van der Waals surface area contributed by atoms with Crippen molar-refractivity contribution in [3.63, 3.8) is 0 Å². The number of amides is 1. The lowest BCUT2D eigenvalue weighted by atomic mass is 10.0. The number of nitrogens with one attached hydrogen (secondary N) is 1. The van der Waals surface area contributed by atoms with E-state index in [4.69, 9.17) is 14.2 Å². The van der Waals surface area contributed by atoms with Crippen LogP contribution >= 0.6 is 0 Å². The van der Waals surface area contributed by atoms with Crippen LogP contribution in [0.5, 0.6) is 11.5 Å². The molecule has 0 aliphatic carbocycles. The van der Waals surface area contributed by atoms with E-state index in [2.05, 4.69) is 10.4 Å². The molecule has 1 amide bonds. The van der Waals surface area contributed by atoms with Gasteiger partial charge < -0.3 is 14.2 Å². The molecule has 1 N–H and O–H groups in total. The molecule has 0 aliphatic rings. The van der Waals surface area contributed by atoms with Crippen LogP contribution in [0.4, 0.5) is 10.5 Å². The van der Waals surface area contributed by atoms with E-state index in [1.165, 1.54) is 11.8 Å². The number of nitrogens with zero attached hydrogens (tertiary/aromatic N) is 2. The Morgan fingerprint density at radius 3 is 2.48 bits per heavy atom. The highest BCUT2D eigenvalue weighted by Crippen LogP contribution is 2.32. The minimum absolute atomic E-state index is 0.218. The first kappa shape index (κ1) is 22.1. The summed E-state index contributed by atoms with van der Waals surface area (Å²) in [6.07, 6.45) is 1.77. The van der Waals surface area contributed by atoms with Crippen molar-refractivity contribution in [1.29, 1.82) is 0 Å². The van der Waals surface area contributed by atoms with E-state index in [-0.39, 0.29) is 5.56 Å². The van der Waals surface area contributed by atoms with Gasteiger partial charge in [0.1, 0.15) is 0 Å². The number of methoxy groups -OCH3 is 2. The number of aryl methyl sites for hydroxylation is 1. The summed E-state index contributed by atoms with van der Waals surface area (Å²) in [6.45, 7) is 2.43. The van der Waals surface area contributed by atoms with Crippen molar-refractivity contribution in [3.8, 4) is 11.5 Å². The van der Waals surface area contributed by atoms with Gasteiger partial charge in [0.15, 0.2) is 11.5 Å². The zero-order valence-electron chi connectivity index (χ0n) is 18.2. The van der Waals surface area contributed by atoms with E-state index in [0.717, 1.165) is 18.4 Å². The number of fused-ring (bicyclic) bond motifs is 1. The van der Waals surface area contributed by atoms with Crippen molar-refractivity contribution in [1.82, 2.24) is 9.78 Å². The number of anilines is 1. The molecule has 1 heterocycles. The summed E-state index contributed by atoms with van der Waals surface area (Å²) in [5.74, 6) is 1.01. The highest BCUT2D eigenvalue weighted by atomic mass is 16.5. The molecule has 0 bridgehead atoms. The number of carbonyl (C=O) groups is 1. The van der Waals surface area contributed by atoms with E-state index >= 15 is 0 Å². The monoisotopic (exact) mass is 425 g/mol. The maximum atomic E-state index is 12.6. The number of aromatic nitrogens is 2. The Bertz CT molecular complexity index is 1140. The quantitative estimate of drug-likeness (QED) is 0.551. The number of carbonyl (C=O) groups excluding carboxylic acids is 1. The lowest BCUT2D eigenvalue weighted by Gasteiger charge is -2.13. The van der Waals surface area contributed by atoms with Gasteiger partial charge in [0, 0.05) is 24.5 Å². The molecule has 0 saturated heterocycles. The normalized spacial score (nSPS) is 10.7. The Labute approximate surface area is 180 Å². The van der Waals surface area contributed by atoms with E-state index in [1.807, 2.05) is 25.1 Å². The lowest BCUT2D eigenvalue weighted by molar-refractivity contribution is 0.160. The van der Waals surface area contributed by atoms with Gasteiger partial charge in [-0.2, -0.15) is 5.10 Å². The van der Waals surface area contributed by atoms with Crippen molar-refractivity contribution < 1.29 is 19.0 Å². The fourth-order valence-electron chi connectivity index (χ4n) is 3.30. The Morgan fingerprint density at radius 2 is 1.81 bits per heavy atom. The Hall–Kier alpha value is -3.55. The third-order valence-electron chi connectivity index (χ3n) is 4.91. The van der Waals surface area contributed by atoms with Crippen molar-refractivity contribution in [2.75, 3.05) is 26.1 Å². The van der Waals surface area contributed by atoms with Gasteiger partial charge in [0.25, 0.3) is 5.56 Å². The van der Waals surface area contributed by atoms with Gasteiger partial charge in [-0.25, -0.2) is 9.48 Å². The van der Waals surface area contributed by atoms with Crippen LogP contribution in [-0.2, 0) is 18.2 Å². The largest absolute Gasteiger partial charge is 0.493 e. The van der Waals surface area contributed by atoms with Gasteiger partial charge in [-0.05, 0) is 36.2 Å². The second-order valence-electron chi connectivity index (χ2n) is 7.12. The van der Waals surface area contributed by atoms with Crippen molar-refractivity contribution in [3.05, 3.63) is 58.0 Å². The smallest absolute Gasteiger partial charge is 0.411 e. The highest BCUT2D eigenvalue weighted by molar-refractivity contribution is 5.88. The molecule has 31 heavy (non-hydrogen) atoms. The van der Waals surface area contributed by atoms with Gasteiger partial charge in [-0.15, -0.1) is 0 Å². The molecule has 0 aliphatic heterocycles. The third-order valence-corrected chi connectivity index (χ3v) is 4.91. The molecule has 3 rings (SSSR count). The number of hydrogen-bond donors (Lipinski definition) is 1. The number of rotatable bonds is 8. The van der Waals surface area contributed by atoms with Gasteiger partial charge in [-0.1, -0.05) is 25.5 Å². The molecule has 0 atom stereocenters. The molecule has 0 saturated carbocycles. The number of ether oxygens (including phenoxy) is 3. The third kappa shape index (κ3) is 5.14. The molecule has 2 aromatic carbocycles. The first-order valence-corrected chi connectivity index (χ1v) is 10.1. The standard InChI is InChI=1S/C23H27N3O5/c1-5-6-10-31-23(28)24-16-9-7-8-15(11-16)12-19-17-13-20(29-3)21(30-4)14-18(17)22(27)26(2)25-19/h7-9,11,13-14H,5-6,10,12H2,1-4H3,(H,24,28). The molecular weight excluding hydrogens is 398 g/mol. The maximum absolute atomic E-state index is 12.6. The van der Waals surface area contributed by atoms with E-state index in [1.54, 1.807) is 32.4 Å². The summed E-state index contributed by atoms with van der Waals surface area (Å²) >= 11 is 0. The first-order valence-electron chi connectivity index (χ1n) is 10.1. The van der Waals surface area contributed by atoms with Gasteiger partial charge >= 0.3 is 6.09 Å². The van der Waals surface area contributed by atoms with Crippen LogP contribution in [0, 0.1) is 0 Å². The van der Waals surface area contributed by atoms with Gasteiger partial charge in [0.05, 0.1) is 31.9 Å². The number of unbranched alkanes of at least 4 members (excludes halogenated alkanes) is 1. The fraction of sp³-hybridized carbons (Fsp3) is 0.348. The topological polar surface area (TPSA) is 91.7 Å². The summed E-state index contributed by atoms with van der Waals surface area (Å²) in [5.41, 5.74) is 2.05. The zero-order chi connectivity index (χ0) is 22.4. The van der Waals surface area contributed by atoms with Crippen molar-refractivity contribution in [2.24, 2.45) is 7.05 Å². The first-order chi connectivity index (χ1) is 15.0. The molecule has 164 valence electrons. The Balaban J connectivity index is 1.92. The SMILES string of the molecule is CCCCOC(=O)Nc1cccc(Cc2nn(C)c(=O)c3cc(OC)c(OC)cc23)c1. The summed E-state index contributed by atoms with van der Waals surface area (Å²) < 4.78 is 17.2. The van der Waals surface area contributed by atoms with Crippen LogP contribution in [0.15, 0.2) is 41.2 Å². The van der Waals surface area contributed by atoms with Crippen LogP contribution < -0.4 is 20.3 Å². The Morgan fingerprint density at radius 1 is 1.10 bits per heavy atom. The van der Waals surface area contributed by atoms with Crippen LogP contribution in [-0.4, -0.2) is 36.7 Å². The summed E-state index contributed by atoms with van der Waals surface area (Å²) in [7, 11) is 4.70. The summed E-state index contributed by atoms with van der Waals surface area (Å²) in [4.78, 5) is 24.6. The van der Waals surface area contributed by atoms with Crippen LogP contribution in [0.25, 0.3) is 10.8 Å². The lowest BCUT2D eigenvalue weighted by Crippen LogP contribution is -2.21. The second kappa shape index (κ2) is 9.97. The second-order valence-corrected chi connectivity index (χ2v) is 7.12. The summed E-state index contributed by atoms with van der Waals surface area (Å²) in [6, 6.07) is 10.9. The molecule has 0 unspecified atom stereocenters. The predicted molar refractivity (Wildman–Crippen MR) is 119 cm³/mol. The van der Waals surface area contributed by atoms with E-state index in [0.29, 0.717) is 46.7 Å². The average molecular weight is 425 g/mol. The van der Waals surface area contributed by atoms with Gasteiger partial charge in [-0.3, -0.25) is 10.1 Å². The highest BCUT2D eigenvalue weighted by Gasteiger charge is 2.15. The predicted octanol–water partition coefficient (Wildman–Crippen LogP) is 3.89. The molecular formula is C23H27N3O5. The molecule has 8 heteroatoms. The molecule has 0 radical (unpaired) electrons. The van der Waals surface area contributed by atoms with Crippen molar-refractivity contribution >= 4 is 22.6 Å². The van der Waals surface area contributed by atoms with E-state index in [9.17, 15) is 9.59 Å². The van der Waals surface area contributed by atoms with Crippen molar-refractivity contribution in [2.45, 2.75) is 26.2 Å². The molecule has 0 spiro atoms. The molecule has 3 aromatic rings. The van der Waals surface area contributed by atoms with Crippen LogP contribution in [0.3, 0.4) is 0 Å². The minimum atomic E-state index is -0.479. The number of hydrogen-bond acceptors (Lipinski definition) is 6. The van der Waals surface area contributed by atoms with E-state index < -0.39 is 6.09 Å². The Kier molecular flexibility index (Phi) is 7.12.